The van der Waals surface area contributed by atoms with Gasteiger partial charge in [0.25, 0.3) is 0 Å². The maximum Gasteiger partial charge on any atom is 0.317 e. The van der Waals surface area contributed by atoms with E-state index in [4.69, 9.17) is 47.4 Å². The highest BCUT2D eigenvalue weighted by molar-refractivity contribution is 5.91. The van der Waals surface area contributed by atoms with E-state index in [-0.39, 0.29) is 79.3 Å². The lowest BCUT2D eigenvalue weighted by atomic mass is 10.2. The van der Waals surface area contributed by atoms with Gasteiger partial charge in [-0.2, -0.15) is 0 Å². The van der Waals surface area contributed by atoms with Gasteiger partial charge >= 0.3 is 23.9 Å². The van der Waals surface area contributed by atoms with Crippen LogP contribution in [0.3, 0.4) is 0 Å². The Balaban J connectivity index is 1.05. The van der Waals surface area contributed by atoms with Crippen molar-refractivity contribution >= 4 is 23.9 Å². The van der Waals surface area contributed by atoms with Crippen LogP contribution < -0.4 is 18.9 Å². The van der Waals surface area contributed by atoms with Crippen LogP contribution in [0.5, 0.6) is 23.0 Å². The van der Waals surface area contributed by atoms with E-state index < -0.39 is 36.7 Å². The van der Waals surface area contributed by atoms with Gasteiger partial charge in [-0.05, 0) is 70.8 Å². The van der Waals surface area contributed by atoms with Crippen LogP contribution in [0.25, 0.3) is 0 Å². The van der Waals surface area contributed by atoms with Gasteiger partial charge in [0.1, 0.15) is 65.7 Å². The van der Waals surface area contributed by atoms with Crippen molar-refractivity contribution in [2.45, 2.75) is 39.3 Å². The number of nitrogens with zero attached hydrogens (tertiary/aromatic N) is 2. The fraction of sp³-hybridized carbons (Fsp3) is 0.350. The zero-order chi connectivity index (χ0) is 39.2. The van der Waals surface area contributed by atoms with E-state index in [1.807, 2.05) is 0 Å². The summed E-state index contributed by atoms with van der Waals surface area (Å²) in [5.41, 5.74) is 2.74. The van der Waals surface area contributed by atoms with Gasteiger partial charge in [-0.1, -0.05) is 12.1 Å². The Morgan fingerprint density at radius 3 is 1.09 bits per heavy atom. The standard InChI is InChI=1S/C40H42N2O14/c43-37(53-25-29-5-9-41-10-6-29)23-39(45)55-27-31-1-3-33-35(21-31)51-19-15-48-14-18-50-34-4-2-32(22-36(34)52-20-16-47-13-17-49-33)28-56-40(46)24-38(44)54-26-30-7-11-42-12-8-30/h1-12,21-22H,13-20,23-28H2. The molecular weight excluding hydrogens is 732 g/mol. The molecule has 0 N–H and O–H groups in total. The molecule has 0 bridgehead atoms. The van der Waals surface area contributed by atoms with Gasteiger partial charge < -0.3 is 47.4 Å². The van der Waals surface area contributed by atoms with Crippen LogP contribution in [0, 0.1) is 0 Å². The normalized spacial score (nSPS) is 13.6. The van der Waals surface area contributed by atoms with Crippen molar-refractivity contribution in [1.82, 2.24) is 9.97 Å². The van der Waals surface area contributed by atoms with Crippen LogP contribution in [-0.4, -0.2) is 86.7 Å². The van der Waals surface area contributed by atoms with Crippen molar-refractivity contribution in [3.63, 3.8) is 0 Å². The number of ether oxygens (including phenoxy) is 10. The van der Waals surface area contributed by atoms with Crippen molar-refractivity contribution in [1.29, 1.82) is 0 Å². The fourth-order valence-electron chi connectivity index (χ4n) is 4.85. The summed E-state index contributed by atoms with van der Waals surface area (Å²) >= 11 is 0. The first-order valence-corrected chi connectivity index (χ1v) is 17.7. The van der Waals surface area contributed by atoms with E-state index in [9.17, 15) is 19.2 Å². The zero-order valence-corrected chi connectivity index (χ0v) is 30.6. The third kappa shape index (κ3) is 14.9. The van der Waals surface area contributed by atoms with Crippen molar-refractivity contribution < 1.29 is 66.5 Å². The van der Waals surface area contributed by atoms with Gasteiger partial charge in [0.2, 0.25) is 0 Å². The van der Waals surface area contributed by atoms with Crippen LogP contribution in [-0.2, 0) is 74.0 Å². The van der Waals surface area contributed by atoms with E-state index in [1.165, 1.54) is 0 Å². The number of benzene rings is 2. The summed E-state index contributed by atoms with van der Waals surface area (Å²) in [6, 6.07) is 17.0. The van der Waals surface area contributed by atoms with Crippen molar-refractivity contribution in [3.8, 4) is 23.0 Å². The van der Waals surface area contributed by atoms with Crippen LogP contribution in [0.1, 0.15) is 35.1 Å². The van der Waals surface area contributed by atoms with Crippen LogP contribution >= 0.6 is 0 Å². The molecule has 0 aliphatic carbocycles. The fourth-order valence-corrected chi connectivity index (χ4v) is 4.85. The molecule has 1 aliphatic heterocycles. The maximum absolute atomic E-state index is 12.3. The molecule has 16 nitrogen and oxygen atoms in total. The van der Waals surface area contributed by atoms with Gasteiger partial charge in [-0.3, -0.25) is 29.1 Å². The molecule has 0 saturated heterocycles. The molecule has 0 unspecified atom stereocenters. The molecule has 0 spiro atoms. The van der Waals surface area contributed by atoms with E-state index >= 15 is 0 Å². The lowest BCUT2D eigenvalue weighted by molar-refractivity contribution is -0.157. The van der Waals surface area contributed by atoms with Crippen molar-refractivity contribution in [3.05, 3.63) is 108 Å². The Kier molecular flexibility index (Phi) is 16.7. The van der Waals surface area contributed by atoms with Gasteiger partial charge in [-0.25, -0.2) is 0 Å². The number of rotatable bonds is 12. The first-order chi connectivity index (χ1) is 27.4. The number of carbonyl (C=O) groups excluding carboxylic acids is 4. The largest absolute Gasteiger partial charge is 0.487 e. The second-order valence-electron chi connectivity index (χ2n) is 11.9. The molecule has 5 rings (SSSR count). The van der Waals surface area contributed by atoms with Crippen LogP contribution in [0.4, 0.5) is 0 Å². The van der Waals surface area contributed by atoms with E-state index in [2.05, 4.69) is 9.97 Å². The number of hydrogen-bond donors (Lipinski definition) is 0. The number of esters is 4. The van der Waals surface area contributed by atoms with Gasteiger partial charge in [0.05, 0.1) is 26.4 Å². The predicted octanol–water partition coefficient (Wildman–Crippen LogP) is 4.09. The summed E-state index contributed by atoms with van der Waals surface area (Å²) < 4.78 is 55.9. The molecule has 0 fully saturated rings. The summed E-state index contributed by atoms with van der Waals surface area (Å²) in [7, 11) is 0. The highest BCUT2D eigenvalue weighted by Gasteiger charge is 2.16. The summed E-state index contributed by atoms with van der Waals surface area (Å²) in [6.07, 6.45) is 5.28. The molecule has 2 aromatic heterocycles. The molecule has 3 heterocycles. The Morgan fingerprint density at radius 1 is 0.411 bits per heavy atom. The molecule has 16 heteroatoms. The number of fused-ring (bicyclic) bond motifs is 2. The van der Waals surface area contributed by atoms with Crippen molar-refractivity contribution in [2.24, 2.45) is 0 Å². The SMILES string of the molecule is O=C(CC(=O)OCc1ccc2c(c1)OCCOCCOc1ccc(COC(=O)CC(=O)OCc3ccncc3)cc1OCCOCCO2)OCc1ccncc1. The Bertz CT molecular complexity index is 1720. The van der Waals surface area contributed by atoms with Gasteiger partial charge in [0.15, 0.2) is 23.0 Å². The minimum Gasteiger partial charge on any atom is -0.487 e. The van der Waals surface area contributed by atoms with E-state index in [0.29, 0.717) is 34.1 Å². The molecule has 0 saturated carbocycles. The van der Waals surface area contributed by atoms with Crippen LogP contribution in [0.2, 0.25) is 0 Å². The molecule has 296 valence electrons. The second kappa shape index (κ2) is 22.8. The minimum atomic E-state index is -0.726. The lowest BCUT2D eigenvalue weighted by Gasteiger charge is -2.17. The molecular formula is C40H42N2O14. The zero-order valence-electron chi connectivity index (χ0n) is 30.6. The number of carbonyl (C=O) groups is 4. The monoisotopic (exact) mass is 774 g/mol. The summed E-state index contributed by atoms with van der Waals surface area (Å²) in [5.74, 6) is -1.12. The molecule has 0 atom stereocenters. The first-order valence-electron chi connectivity index (χ1n) is 17.7. The number of aromatic nitrogens is 2. The highest BCUT2D eigenvalue weighted by atomic mass is 16.6. The lowest BCUT2D eigenvalue weighted by Crippen LogP contribution is -2.16. The van der Waals surface area contributed by atoms with Crippen molar-refractivity contribution in [2.75, 3.05) is 52.9 Å². The third-order valence-corrected chi connectivity index (χ3v) is 7.63. The topological polar surface area (TPSA) is 186 Å². The smallest absolute Gasteiger partial charge is 0.317 e. The number of pyridine rings is 2. The highest BCUT2D eigenvalue weighted by Crippen LogP contribution is 2.30. The predicted molar refractivity (Wildman–Crippen MR) is 193 cm³/mol. The average Bonchev–Trinajstić information content (AvgIpc) is 3.21. The van der Waals surface area contributed by atoms with E-state index in [0.717, 1.165) is 11.1 Å². The van der Waals surface area contributed by atoms with Gasteiger partial charge in [-0.15, -0.1) is 0 Å². The average molecular weight is 775 g/mol. The summed E-state index contributed by atoms with van der Waals surface area (Å²) in [4.78, 5) is 56.5. The molecule has 2 aromatic carbocycles. The molecule has 4 aromatic rings. The van der Waals surface area contributed by atoms with Gasteiger partial charge in [0, 0.05) is 24.8 Å². The third-order valence-electron chi connectivity index (χ3n) is 7.63. The summed E-state index contributed by atoms with van der Waals surface area (Å²) in [5, 5.41) is 0. The quantitative estimate of drug-likeness (QED) is 0.114. The first kappa shape index (κ1) is 40.9. The molecule has 0 amide bonds. The molecule has 56 heavy (non-hydrogen) atoms. The molecule has 0 radical (unpaired) electrons. The van der Waals surface area contributed by atoms with E-state index in [1.54, 1.807) is 85.5 Å². The number of hydrogen-bond acceptors (Lipinski definition) is 16. The summed E-state index contributed by atoms with van der Waals surface area (Å²) in [6.45, 7) is 1.60. The second-order valence-corrected chi connectivity index (χ2v) is 11.9. The Labute approximate surface area is 322 Å². The maximum atomic E-state index is 12.3. The Hall–Kier alpha value is -6.26. The Morgan fingerprint density at radius 2 is 0.732 bits per heavy atom. The van der Waals surface area contributed by atoms with Crippen LogP contribution in [0.15, 0.2) is 85.5 Å². The minimum absolute atomic E-state index is 0.0294. The molecule has 1 aliphatic rings.